The Labute approximate surface area is 164 Å². The molecule has 3 amide bonds. The van der Waals surface area contributed by atoms with E-state index < -0.39 is 60.6 Å². The van der Waals surface area contributed by atoms with Crippen LogP contribution >= 0.6 is 23.8 Å². The van der Waals surface area contributed by atoms with Gasteiger partial charge >= 0.3 is 29.8 Å². The highest BCUT2D eigenvalue weighted by Gasteiger charge is 2.53. The lowest BCUT2D eigenvalue weighted by molar-refractivity contribution is -0.124. The van der Waals surface area contributed by atoms with E-state index in [2.05, 4.69) is 25.0 Å². The molecule has 0 spiro atoms. The number of rotatable bonds is 9. The normalized spacial score (nSPS) is 28.2. The van der Waals surface area contributed by atoms with E-state index >= 15 is 0 Å². The van der Waals surface area contributed by atoms with Crippen molar-refractivity contribution in [3.8, 4) is 0 Å². The van der Waals surface area contributed by atoms with Crippen LogP contribution in [0.3, 0.4) is 0 Å². The third-order valence-electron chi connectivity index (χ3n) is 3.78. The Hall–Kier alpha value is -0.790. The van der Waals surface area contributed by atoms with Gasteiger partial charge in [0.2, 0.25) is 5.91 Å². The molecule has 1 unspecified atom stereocenters. The van der Waals surface area contributed by atoms with Crippen LogP contribution in [0.5, 0.6) is 0 Å². The number of imide groups is 1. The minimum atomic E-state index is -5.55. The largest absolute Gasteiger partial charge is 0.580 e. The Kier molecular flexibility index (Phi) is 7.72. The molecule has 0 aromatic heterocycles. The van der Waals surface area contributed by atoms with E-state index in [0.29, 0.717) is 0 Å². The van der Waals surface area contributed by atoms with E-state index in [9.17, 15) is 28.5 Å². The summed E-state index contributed by atoms with van der Waals surface area (Å²) in [6.45, 7) is 3.15. The summed E-state index contributed by atoms with van der Waals surface area (Å²) >= 11 is 0. The Bertz CT molecular complexity index is 754. The van der Waals surface area contributed by atoms with Crippen LogP contribution in [0.1, 0.15) is 12.8 Å². The maximum atomic E-state index is 12.0. The molecule has 2 rings (SSSR count). The predicted molar refractivity (Wildman–Crippen MR) is 93.2 cm³/mol. The van der Waals surface area contributed by atoms with Gasteiger partial charge in [-0.3, -0.25) is 19.9 Å². The van der Waals surface area contributed by atoms with E-state index in [4.69, 9.17) is 19.4 Å². The zero-order valence-electron chi connectivity index (χ0n) is 14.6. The van der Waals surface area contributed by atoms with E-state index in [1.54, 1.807) is 0 Å². The highest BCUT2D eigenvalue weighted by atomic mass is 31.3. The lowest BCUT2D eigenvalue weighted by Crippen LogP contribution is -2.54. The molecule has 6 N–H and O–H groups in total. The van der Waals surface area contributed by atoms with Crippen LogP contribution in [0.25, 0.3) is 0 Å². The average Bonchev–Trinajstić information content (AvgIpc) is 2.92. The van der Waals surface area contributed by atoms with Gasteiger partial charge in [-0.15, -0.1) is 6.58 Å². The zero-order valence-corrected chi connectivity index (χ0v) is 17.3. The molecule has 0 aromatic carbocycles. The minimum absolute atomic E-state index is 0.0672. The van der Waals surface area contributed by atoms with Crippen LogP contribution in [0.15, 0.2) is 12.7 Å². The Morgan fingerprint density at radius 1 is 1.31 bits per heavy atom. The fraction of sp³-hybridized carbons (Fsp3) is 0.636. The zero-order chi connectivity index (χ0) is 22.0. The third kappa shape index (κ3) is 7.44. The molecule has 2 heterocycles. The summed E-state index contributed by atoms with van der Waals surface area (Å²) in [4.78, 5) is 69.8. The van der Waals surface area contributed by atoms with Gasteiger partial charge in [0.05, 0.1) is 6.10 Å². The van der Waals surface area contributed by atoms with Crippen molar-refractivity contribution in [2.24, 2.45) is 5.92 Å². The second-order valence-electron chi connectivity index (χ2n) is 5.99. The smallest absolute Gasteiger partial charge is 0.352 e. The fourth-order valence-corrected chi connectivity index (χ4v) is 5.79. The second kappa shape index (κ2) is 9.15. The number of nitrogens with one attached hydrogen (secondary N) is 1. The van der Waals surface area contributed by atoms with Gasteiger partial charge in [-0.05, 0) is 10.7 Å². The number of amides is 3. The molecule has 4 atom stereocenters. The van der Waals surface area contributed by atoms with Gasteiger partial charge in [0, 0.05) is 18.9 Å². The standard InChI is InChI=1S/C11H19N2O13P3/c1-2-7-5-8(24-10(7)13-4-3-9(14)12-11(13)15)6-23-28(19,20)26-29(21,22)25-27(16,17)18/h2,7-8,10,19-20H,1,3-6H2,(H3-,12,14,15,16,17,18,21,22)/p+1/t7-,8-,10+/m0/s1. The maximum Gasteiger partial charge on any atom is 0.580 e. The van der Waals surface area contributed by atoms with E-state index in [1.807, 2.05) is 0 Å². The van der Waals surface area contributed by atoms with E-state index in [-0.39, 0.29) is 19.4 Å². The van der Waals surface area contributed by atoms with Crippen molar-refractivity contribution in [2.75, 3.05) is 13.2 Å². The van der Waals surface area contributed by atoms with Crippen LogP contribution < -0.4 is 5.32 Å². The molecule has 2 fully saturated rings. The summed E-state index contributed by atoms with van der Waals surface area (Å²) in [5, 5.41) is 2.14. The SMILES string of the molecule is C=C[C@H]1C[C@@H](CO[P+](O)(O)OP(=O)(O)OP(=O)(O)O)O[C@H]1N1CCC(=O)NC1=O. The summed E-state index contributed by atoms with van der Waals surface area (Å²) in [5.41, 5.74) is 0. The van der Waals surface area contributed by atoms with Gasteiger partial charge in [0.15, 0.2) is 0 Å². The van der Waals surface area contributed by atoms with Crippen LogP contribution in [-0.2, 0) is 31.8 Å². The van der Waals surface area contributed by atoms with Crippen molar-refractivity contribution < 1.29 is 61.1 Å². The van der Waals surface area contributed by atoms with Crippen molar-refractivity contribution in [1.82, 2.24) is 10.2 Å². The average molecular weight is 481 g/mol. The van der Waals surface area contributed by atoms with Crippen LogP contribution in [-0.4, -0.2) is 66.8 Å². The monoisotopic (exact) mass is 481 g/mol. The Balaban J connectivity index is 1.94. The number of ether oxygens (including phenoxy) is 1. The number of phosphoric acid groups is 2. The molecule has 0 aliphatic carbocycles. The number of urea groups is 1. The molecule has 166 valence electrons. The first kappa shape index (κ1) is 24.5. The Morgan fingerprint density at radius 2 is 1.97 bits per heavy atom. The summed E-state index contributed by atoms with van der Waals surface area (Å²) in [6.07, 6.45) is 0.124. The van der Waals surface area contributed by atoms with Gasteiger partial charge in [-0.2, -0.15) is 18.6 Å². The van der Waals surface area contributed by atoms with Crippen molar-refractivity contribution in [3.63, 3.8) is 0 Å². The highest BCUT2D eigenvalue weighted by molar-refractivity contribution is 7.68. The molecule has 2 saturated heterocycles. The summed E-state index contributed by atoms with van der Waals surface area (Å²) in [7, 11) is -16.0. The summed E-state index contributed by atoms with van der Waals surface area (Å²) < 4.78 is 39.6. The van der Waals surface area contributed by atoms with Crippen molar-refractivity contribution in [2.45, 2.75) is 25.2 Å². The van der Waals surface area contributed by atoms with Crippen molar-refractivity contribution in [3.05, 3.63) is 12.7 Å². The van der Waals surface area contributed by atoms with Gasteiger partial charge < -0.3 is 14.5 Å². The second-order valence-corrected chi connectivity index (χ2v) is 10.5. The van der Waals surface area contributed by atoms with Gasteiger partial charge in [0.1, 0.15) is 12.8 Å². The number of hydrogen-bond acceptors (Lipinski definition) is 10. The lowest BCUT2D eigenvalue weighted by Gasteiger charge is -2.33. The number of carbonyl (C=O) groups is 2. The van der Waals surface area contributed by atoms with E-state index in [0.717, 1.165) is 0 Å². The molecule has 0 bridgehead atoms. The minimum Gasteiger partial charge on any atom is -0.352 e. The van der Waals surface area contributed by atoms with Gasteiger partial charge in [0.25, 0.3) is 0 Å². The molecular formula is C11H20N2O13P3+. The van der Waals surface area contributed by atoms with Crippen LogP contribution in [0, 0.1) is 5.92 Å². The first-order chi connectivity index (χ1) is 13.2. The van der Waals surface area contributed by atoms with Gasteiger partial charge in [-0.25, -0.2) is 13.9 Å². The molecule has 2 aliphatic rings. The molecule has 18 heteroatoms. The first-order valence-electron chi connectivity index (χ1n) is 7.90. The van der Waals surface area contributed by atoms with Crippen LogP contribution in [0.2, 0.25) is 0 Å². The number of carbonyl (C=O) groups excluding carboxylic acids is 2. The molecule has 2 aliphatic heterocycles. The Morgan fingerprint density at radius 3 is 2.52 bits per heavy atom. The van der Waals surface area contributed by atoms with Crippen molar-refractivity contribution in [1.29, 1.82) is 0 Å². The fourth-order valence-electron chi connectivity index (χ4n) is 2.71. The molecule has 0 saturated carbocycles. The van der Waals surface area contributed by atoms with Crippen molar-refractivity contribution >= 4 is 35.8 Å². The predicted octanol–water partition coefficient (Wildman–Crippen LogP) is -0.249. The molecule has 15 nitrogen and oxygen atoms in total. The highest BCUT2D eigenvalue weighted by Crippen LogP contribution is 2.69. The van der Waals surface area contributed by atoms with Crippen LogP contribution in [0.4, 0.5) is 4.79 Å². The molecule has 29 heavy (non-hydrogen) atoms. The number of nitrogens with zero attached hydrogens (tertiary/aromatic N) is 1. The van der Waals surface area contributed by atoms with E-state index in [1.165, 1.54) is 11.0 Å². The van der Waals surface area contributed by atoms with Gasteiger partial charge in [-0.1, -0.05) is 6.08 Å². The molecule has 0 radical (unpaired) electrons. The quantitative estimate of drug-likeness (QED) is 0.185. The number of hydrogen-bond donors (Lipinski definition) is 6. The molecule has 0 aromatic rings. The maximum absolute atomic E-state index is 12.0. The summed E-state index contributed by atoms with van der Waals surface area (Å²) in [6, 6.07) is -0.662. The third-order valence-corrected chi connectivity index (χ3v) is 7.62. The molecular weight excluding hydrogens is 461 g/mol. The lowest BCUT2D eigenvalue weighted by atomic mass is 10.0. The topological polar surface area (TPSA) is 222 Å². The summed E-state index contributed by atoms with van der Waals surface area (Å²) in [5.74, 6) is -0.826. The first-order valence-corrected chi connectivity index (χ1v) is 12.5.